The van der Waals surface area contributed by atoms with Gasteiger partial charge in [0.05, 0.1) is 32.1 Å². The first kappa shape index (κ1) is 12.4. The second-order valence-corrected chi connectivity index (χ2v) is 3.68. The number of nitrogens with one attached hydrogen (secondary N) is 1. The molecule has 6 heteroatoms. The largest absolute Gasteiger partial charge is 0.481 e. The Balaban J connectivity index is 2.01. The molecule has 0 spiro atoms. The molecule has 6 nitrogen and oxygen atoms in total. The summed E-state index contributed by atoms with van der Waals surface area (Å²) in [5.74, 6) is 1.30. The highest BCUT2D eigenvalue weighted by Gasteiger charge is 2.01. The summed E-state index contributed by atoms with van der Waals surface area (Å²) in [5.41, 5.74) is 0.881. The Bertz CT molecular complexity index is 498. The average molecular weight is 248 g/mol. The lowest BCUT2D eigenvalue weighted by atomic mass is 10.4. The number of anilines is 2. The van der Waals surface area contributed by atoms with Crippen molar-refractivity contribution in [2.24, 2.45) is 0 Å². The zero-order valence-corrected chi connectivity index (χ0v) is 10.5. The molecule has 2 rings (SSSR count). The smallest absolute Gasteiger partial charge is 0.214 e. The van der Waals surface area contributed by atoms with Crippen LogP contribution < -0.4 is 10.1 Å². The van der Waals surface area contributed by atoms with Crippen LogP contribution in [0.15, 0.2) is 30.6 Å². The molecule has 0 fully saturated rings. The minimum atomic E-state index is 0.576. The van der Waals surface area contributed by atoms with Crippen molar-refractivity contribution in [3.8, 4) is 5.88 Å². The summed E-state index contributed by atoms with van der Waals surface area (Å²) in [6, 6.07) is 5.55. The molecule has 0 aromatic carbocycles. The predicted octanol–water partition coefficient (Wildman–Crippen LogP) is 1.68. The highest BCUT2D eigenvalue weighted by Crippen LogP contribution is 2.16. The summed E-state index contributed by atoms with van der Waals surface area (Å²) >= 11 is 0. The van der Waals surface area contributed by atoms with Crippen molar-refractivity contribution in [1.29, 1.82) is 0 Å². The van der Waals surface area contributed by atoms with E-state index in [2.05, 4.69) is 15.4 Å². The third kappa shape index (κ3) is 3.21. The number of hydrogen-bond donors (Lipinski definition) is 1. The quantitative estimate of drug-likeness (QED) is 0.842. The van der Waals surface area contributed by atoms with Crippen molar-refractivity contribution >= 4 is 11.5 Å². The molecule has 96 valence electrons. The lowest BCUT2D eigenvalue weighted by Crippen LogP contribution is -2.03. The van der Waals surface area contributed by atoms with E-state index in [-0.39, 0.29) is 0 Å². The van der Waals surface area contributed by atoms with Crippen molar-refractivity contribution < 1.29 is 9.47 Å². The van der Waals surface area contributed by atoms with Crippen LogP contribution in [-0.2, 0) is 11.3 Å². The molecule has 0 aliphatic carbocycles. The van der Waals surface area contributed by atoms with Crippen LogP contribution in [-0.4, -0.2) is 35.6 Å². The van der Waals surface area contributed by atoms with Gasteiger partial charge >= 0.3 is 0 Å². The molecule has 2 aromatic heterocycles. The van der Waals surface area contributed by atoms with Crippen molar-refractivity contribution in [3.05, 3.63) is 30.6 Å². The van der Waals surface area contributed by atoms with Gasteiger partial charge in [0.2, 0.25) is 5.88 Å². The molecule has 2 heterocycles. The molecule has 1 N–H and O–H groups in total. The Morgan fingerprint density at radius 2 is 2.22 bits per heavy atom. The van der Waals surface area contributed by atoms with Crippen molar-refractivity contribution in [3.63, 3.8) is 0 Å². The van der Waals surface area contributed by atoms with Gasteiger partial charge in [0.25, 0.3) is 0 Å². The van der Waals surface area contributed by atoms with Crippen LogP contribution in [0.25, 0.3) is 0 Å². The lowest BCUT2D eigenvalue weighted by molar-refractivity contribution is 0.183. The molecule has 0 saturated heterocycles. The molecule has 0 atom stereocenters. The SMILES string of the molecule is COCCn1cc(Nc2cccc(OC)n2)cn1. The molecular formula is C12H16N4O2. The fourth-order valence-electron chi connectivity index (χ4n) is 1.48. The molecule has 0 aliphatic heterocycles. The van der Waals surface area contributed by atoms with Crippen LogP contribution in [0.4, 0.5) is 11.5 Å². The van der Waals surface area contributed by atoms with Crippen LogP contribution >= 0.6 is 0 Å². The van der Waals surface area contributed by atoms with E-state index in [0.29, 0.717) is 12.5 Å². The Labute approximate surface area is 106 Å². The molecule has 0 amide bonds. The zero-order chi connectivity index (χ0) is 12.8. The standard InChI is InChI=1S/C12H16N4O2/c1-17-7-6-16-9-10(8-13-16)14-11-4-3-5-12(15-11)18-2/h3-5,8-9H,6-7H2,1-2H3,(H,14,15). The Kier molecular flexibility index (Phi) is 4.14. The van der Waals surface area contributed by atoms with Crippen molar-refractivity contribution in [2.75, 3.05) is 26.1 Å². The van der Waals surface area contributed by atoms with Crippen molar-refractivity contribution in [1.82, 2.24) is 14.8 Å². The topological polar surface area (TPSA) is 61.2 Å². The summed E-state index contributed by atoms with van der Waals surface area (Å²) in [6.45, 7) is 1.36. The maximum Gasteiger partial charge on any atom is 0.214 e. The van der Waals surface area contributed by atoms with Gasteiger partial charge in [-0.3, -0.25) is 4.68 Å². The molecule has 0 unspecified atom stereocenters. The molecular weight excluding hydrogens is 232 g/mol. The van der Waals surface area contributed by atoms with Crippen LogP contribution in [0.5, 0.6) is 5.88 Å². The molecule has 18 heavy (non-hydrogen) atoms. The minimum absolute atomic E-state index is 0.576. The van der Waals surface area contributed by atoms with Gasteiger partial charge in [-0.1, -0.05) is 6.07 Å². The number of rotatable bonds is 6. The summed E-state index contributed by atoms with van der Waals surface area (Å²) in [4.78, 5) is 4.26. The van der Waals surface area contributed by atoms with Gasteiger partial charge in [0.15, 0.2) is 0 Å². The molecule has 0 radical (unpaired) electrons. The Morgan fingerprint density at radius 1 is 1.33 bits per heavy atom. The Morgan fingerprint density at radius 3 is 3.00 bits per heavy atom. The van der Waals surface area contributed by atoms with Crippen LogP contribution in [0, 0.1) is 0 Å². The Hall–Kier alpha value is -2.08. The van der Waals surface area contributed by atoms with E-state index in [1.54, 1.807) is 26.5 Å². The second-order valence-electron chi connectivity index (χ2n) is 3.68. The monoisotopic (exact) mass is 248 g/mol. The van der Waals surface area contributed by atoms with E-state index in [9.17, 15) is 0 Å². The summed E-state index contributed by atoms with van der Waals surface area (Å²) in [7, 11) is 3.26. The van der Waals surface area contributed by atoms with Crippen LogP contribution in [0.2, 0.25) is 0 Å². The van der Waals surface area contributed by atoms with E-state index in [1.807, 2.05) is 23.0 Å². The highest BCUT2D eigenvalue weighted by molar-refractivity contribution is 5.54. The number of aromatic nitrogens is 3. The van der Waals surface area contributed by atoms with Crippen molar-refractivity contribution in [2.45, 2.75) is 6.54 Å². The number of ether oxygens (including phenoxy) is 2. The second kappa shape index (κ2) is 6.02. The maximum atomic E-state index is 5.06. The fourth-order valence-corrected chi connectivity index (χ4v) is 1.48. The number of nitrogens with zero attached hydrogens (tertiary/aromatic N) is 3. The lowest BCUT2D eigenvalue weighted by Gasteiger charge is -2.04. The highest BCUT2D eigenvalue weighted by atomic mass is 16.5. The van der Waals surface area contributed by atoms with Gasteiger partial charge in [-0.15, -0.1) is 0 Å². The van der Waals surface area contributed by atoms with E-state index < -0.39 is 0 Å². The summed E-state index contributed by atoms with van der Waals surface area (Å²) in [6.07, 6.45) is 3.65. The van der Waals surface area contributed by atoms with Gasteiger partial charge < -0.3 is 14.8 Å². The normalized spacial score (nSPS) is 10.3. The number of methoxy groups -OCH3 is 2. The number of pyridine rings is 1. The number of hydrogen-bond acceptors (Lipinski definition) is 5. The third-order valence-electron chi connectivity index (χ3n) is 2.36. The van der Waals surface area contributed by atoms with E-state index in [1.165, 1.54) is 0 Å². The van der Waals surface area contributed by atoms with Gasteiger partial charge in [-0.05, 0) is 6.07 Å². The summed E-state index contributed by atoms with van der Waals surface area (Å²) in [5, 5.41) is 7.37. The first-order valence-electron chi connectivity index (χ1n) is 5.61. The van der Waals surface area contributed by atoms with Gasteiger partial charge in [0.1, 0.15) is 5.82 Å². The summed E-state index contributed by atoms with van der Waals surface area (Å²) < 4.78 is 11.9. The first-order chi connectivity index (χ1) is 8.81. The molecule has 0 bridgehead atoms. The average Bonchev–Trinajstić information content (AvgIpc) is 2.84. The fraction of sp³-hybridized carbons (Fsp3) is 0.333. The van der Waals surface area contributed by atoms with E-state index in [4.69, 9.17) is 9.47 Å². The third-order valence-corrected chi connectivity index (χ3v) is 2.36. The molecule has 0 aliphatic rings. The van der Waals surface area contributed by atoms with Gasteiger partial charge in [-0.2, -0.15) is 10.1 Å². The zero-order valence-electron chi connectivity index (χ0n) is 10.5. The maximum absolute atomic E-state index is 5.06. The molecule has 0 saturated carbocycles. The molecule has 2 aromatic rings. The predicted molar refractivity (Wildman–Crippen MR) is 68.2 cm³/mol. The first-order valence-corrected chi connectivity index (χ1v) is 5.61. The minimum Gasteiger partial charge on any atom is -0.481 e. The van der Waals surface area contributed by atoms with Crippen LogP contribution in [0.3, 0.4) is 0 Å². The van der Waals surface area contributed by atoms with Gasteiger partial charge in [-0.25, -0.2) is 0 Å². The van der Waals surface area contributed by atoms with Crippen LogP contribution in [0.1, 0.15) is 0 Å². The van der Waals surface area contributed by atoms with E-state index >= 15 is 0 Å². The van der Waals surface area contributed by atoms with E-state index in [0.717, 1.165) is 18.1 Å². The van der Waals surface area contributed by atoms with Gasteiger partial charge in [0, 0.05) is 19.4 Å².